The molecule has 1 aliphatic rings. The van der Waals surface area contributed by atoms with Crippen molar-refractivity contribution in [3.05, 3.63) is 11.3 Å². The maximum absolute atomic E-state index is 5.77. The van der Waals surface area contributed by atoms with Gasteiger partial charge in [0.05, 0.1) is 5.69 Å². The fraction of sp³-hybridized carbons (Fsp3) is 0.727. The van der Waals surface area contributed by atoms with Gasteiger partial charge in [-0.25, -0.2) is 0 Å². The molecular weight excluding hydrogens is 176 g/mol. The fourth-order valence-corrected chi connectivity index (χ4v) is 1.94. The highest BCUT2D eigenvalue weighted by molar-refractivity contribution is 5.42. The van der Waals surface area contributed by atoms with Crippen molar-refractivity contribution in [2.45, 2.75) is 39.5 Å². The number of rotatable bonds is 3. The molecular formula is C11H18N2O. The highest BCUT2D eigenvalue weighted by Gasteiger charge is 2.38. The lowest BCUT2D eigenvalue weighted by Gasteiger charge is -2.04. The topological polar surface area (TPSA) is 52.0 Å². The molecule has 0 amide bonds. The molecule has 2 atom stereocenters. The molecule has 0 spiro atoms. The van der Waals surface area contributed by atoms with Crippen molar-refractivity contribution in [2.75, 3.05) is 5.73 Å². The van der Waals surface area contributed by atoms with Gasteiger partial charge in [-0.3, -0.25) is 0 Å². The summed E-state index contributed by atoms with van der Waals surface area (Å²) >= 11 is 0. The zero-order valence-corrected chi connectivity index (χ0v) is 9.08. The third kappa shape index (κ3) is 1.63. The summed E-state index contributed by atoms with van der Waals surface area (Å²) < 4.78 is 5.07. The second-order valence-corrected chi connectivity index (χ2v) is 4.83. The van der Waals surface area contributed by atoms with Gasteiger partial charge in [-0.1, -0.05) is 25.9 Å². The Morgan fingerprint density at radius 3 is 2.71 bits per heavy atom. The van der Waals surface area contributed by atoms with Crippen LogP contribution in [0.15, 0.2) is 4.52 Å². The first kappa shape index (κ1) is 9.56. The van der Waals surface area contributed by atoms with Gasteiger partial charge in [0.25, 0.3) is 0 Å². The fourth-order valence-electron chi connectivity index (χ4n) is 1.94. The van der Waals surface area contributed by atoms with E-state index >= 15 is 0 Å². The van der Waals surface area contributed by atoms with E-state index in [2.05, 4.69) is 25.9 Å². The minimum atomic E-state index is 0.521. The molecule has 0 radical (unpaired) electrons. The molecule has 1 fully saturated rings. The molecule has 0 bridgehead atoms. The van der Waals surface area contributed by atoms with E-state index in [-0.39, 0.29) is 0 Å². The third-order valence-electron chi connectivity index (χ3n) is 2.92. The lowest BCUT2D eigenvalue weighted by molar-refractivity contribution is 0.426. The first-order chi connectivity index (χ1) is 6.59. The number of nitrogens with two attached hydrogens (primary N) is 1. The maximum Gasteiger partial charge on any atom is 0.225 e. The Morgan fingerprint density at radius 1 is 1.57 bits per heavy atom. The molecule has 1 aromatic rings. The van der Waals surface area contributed by atoms with E-state index in [0.29, 0.717) is 17.7 Å². The summed E-state index contributed by atoms with van der Waals surface area (Å²) in [4.78, 5) is 0. The number of nitrogen functional groups attached to an aromatic ring is 1. The molecule has 14 heavy (non-hydrogen) atoms. The van der Waals surface area contributed by atoms with Crippen LogP contribution >= 0.6 is 0 Å². The van der Waals surface area contributed by atoms with E-state index in [4.69, 9.17) is 10.3 Å². The lowest BCUT2D eigenvalue weighted by Crippen LogP contribution is -2.00. The van der Waals surface area contributed by atoms with Gasteiger partial charge in [-0.15, -0.1) is 0 Å². The second-order valence-electron chi connectivity index (χ2n) is 4.83. The smallest absolute Gasteiger partial charge is 0.225 e. The minimum Gasteiger partial charge on any atom is -0.367 e. The van der Waals surface area contributed by atoms with Gasteiger partial charge in [-0.2, -0.15) is 0 Å². The van der Waals surface area contributed by atoms with Gasteiger partial charge in [-0.05, 0) is 24.7 Å². The molecule has 1 heterocycles. The van der Waals surface area contributed by atoms with Crippen LogP contribution in [-0.2, 0) is 6.42 Å². The summed E-state index contributed by atoms with van der Waals surface area (Å²) in [6.07, 6.45) is 2.21. The monoisotopic (exact) mass is 194 g/mol. The average molecular weight is 194 g/mol. The van der Waals surface area contributed by atoms with Gasteiger partial charge >= 0.3 is 0 Å². The van der Waals surface area contributed by atoms with Crippen LogP contribution in [0.2, 0.25) is 0 Å². The summed E-state index contributed by atoms with van der Waals surface area (Å²) in [5, 5.41) is 4.08. The highest BCUT2D eigenvalue weighted by atomic mass is 16.5. The normalized spacial score (nSPS) is 25.7. The molecule has 0 aromatic carbocycles. The molecule has 1 aliphatic carbocycles. The van der Waals surface area contributed by atoms with E-state index in [9.17, 15) is 0 Å². The SMILES string of the molecule is CC(C)Cc1c(C2CC2C)noc1N. The number of anilines is 1. The molecule has 3 nitrogen and oxygen atoms in total. The van der Waals surface area contributed by atoms with Crippen LogP contribution in [0.3, 0.4) is 0 Å². The van der Waals surface area contributed by atoms with Gasteiger partial charge in [0.2, 0.25) is 5.88 Å². The standard InChI is InChI=1S/C11H18N2O/c1-6(2)4-9-10(8-5-7(8)3)13-14-11(9)12/h6-8H,4-5,12H2,1-3H3. The van der Waals surface area contributed by atoms with Crippen LogP contribution in [-0.4, -0.2) is 5.16 Å². The van der Waals surface area contributed by atoms with E-state index in [1.165, 1.54) is 6.42 Å². The number of aromatic nitrogens is 1. The molecule has 0 saturated heterocycles. The Labute approximate surface area is 84.7 Å². The highest BCUT2D eigenvalue weighted by Crippen LogP contribution is 2.48. The van der Waals surface area contributed by atoms with Crippen LogP contribution < -0.4 is 5.73 Å². The molecule has 2 rings (SSSR count). The van der Waals surface area contributed by atoms with Crippen LogP contribution in [0.25, 0.3) is 0 Å². The van der Waals surface area contributed by atoms with Crippen molar-refractivity contribution in [3.8, 4) is 0 Å². The van der Waals surface area contributed by atoms with Crippen molar-refractivity contribution >= 4 is 5.88 Å². The molecule has 3 heteroatoms. The second kappa shape index (κ2) is 3.30. The predicted molar refractivity (Wildman–Crippen MR) is 56.0 cm³/mol. The molecule has 2 N–H and O–H groups in total. The van der Waals surface area contributed by atoms with Gasteiger partial charge in [0, 0.05) is 11.5 Å². The summed E-state index contributed by atoms with van der Waals surface area (Å²) in [5.41, 5.74) is 8.03. The van der Waals surface area contributed by atoms with Crippen LogP contribution in [0, 0.1) is 11.8 Å². The average Bonchev–Trinajstić information content (AvgIpc) is 2.70. The van der Waals surface area contributed by atoms with Crippen molar-refractivity contribution in [1.82, 2.24) is 5.16 Å². The van der Waals surface area contributed by atoms with Gasteiger partial charge < -0.3 is 10.3 Å². The summed E-state index contributed by atoms with van der Waals surface area (Å²) in [6, 6.07) is 0. The lowest BCUT2D eigenvalue weighted by atomic mass is 10.0. The Morgan fingerprint density at radius 2 is 2.21 bits per heavy atom. The van der Waals surface area contributed by atoms with E-state index in [0.717, 1.165) is 23.6 Å². The van der Waals surface area contributed by atoms with Crippen molar-refractivity contribution in [2.24, 2.45) is 11.8 Å². The molecule has 1 saturated carbocycles. The van der Waals surface area contributed by atoms with Crippen molar-refractivity contribution in [1.29, 1.82) is 0 Å². The first-order valence-electron chi connectivity index (χ1n) is 5.33. The van der Waals surface area contributed by atoms with Crippen LogP contribution in [0.4, 0.5) is 5.88 Å². The number of nitrogens with zero attached hydrogens (tertiary/aromatic N) is 1. The van der Waals surface area contributed by atoms with Crippen molar-refractivity contribution < 1.29 is 4.52 Å². The Hall–Kier alpha value is -0.990. The zero-order chi connectivity index (χ0) is 10.3. The molecule has 2 unspecified atom stereocenters. The summed E-state index contributed by atoms with van der Waals surface area (Å²) in [7, 11) is 0. The van der Waals surface area contributed by atoms with Gasteiger partial charge in [0.1, 0.15) is 0 Å². The van der Waals surface area contributed by atoms with E-state index < -0.39 is 0 Å². The Balaban J connectivity index is 2.22. The molecule has 1 aromatic heterocycles. The number of hydrogen-bond donors (Lipinski definition) is 1. The summed E-state index contributed by atoms with van der Waals surface area (Å²) in [6.45, 7) is 6.62. The van der Waals surface area contributed by atoms with Crippen molar-refractivity contribution in [3.63, 3.8) is 0 Å². The molecule has 0 aliphatic heterocycles. The number of hydrogen-bond acceptors (Lipinski definition) is 3. The van der Waals surface area contributed by atoms with Crippen LogP contribution in [0.5, 0.6) is 0 Å². The van der Waals surface area contributed by atoms with Gasteiger partial charge in [0.15, 0.2) is 0 Å². The molecule has 78 valence electrons. The third-order valence-corrected chi connectivity index (χ3v) is 2.92. The quantitative estimate of drug-likeness (QED) is 0.804. The minimum absolute atomic E-state index is 0.521. The van der Waals surface area contributed by atoms with E-state index in [1.54, 1.807) is 0 Å². The predicted octanol–water partition coefficient (Wildman–Crippen LogP) is 2.58. The summed E-state index contributed by atoms with van der Waals surface area (Å²) in [5.74, 6) is 2.48. The Bertz CT molecular complexity index is 330. The van der Waals surface area contributed by atoms with E-state index in [1.807, 2.05) is 0 Å². The first-order valence-corrected chi connectivity index (χ1v) is 5.33. The van der Waals surface area contributed by atoms with Crippen LogP contribution in [0.1, 0.15) is 44.4 Å². The maximum atomic E-state index is 5.77. The zero-order valence-electron chi connectivity index (χ0n) is 9.08. The Kier molecular flexibility index (Phi) is 2.25. The largest absolute Gasteiger partial charge is 0.367 e.